The van der Waals surface area contributed by atoms with Crippen molar-refractivity contribution in [2.45, 2.75) is 51.4 Å². The molecule has 1 aliphatic heterocycles. The van der Waals surface area contributed by atoms with E-state index in [0.717, 1.165) is 56.3 Å². The minimum absolute atomic E-state index is 0.0540. The summed E-state index contributed by atoms with van der Waals surface area (Å²) in [7, 11) is 0. The van der Waals surface area contributed by atoms with Crippen molar-refractivity contribution in [2.75, 3.05) is 13.1 Å². The molecule has 2 heterocycles. The number of aromatic nitrogens is 2. The van der Waals surface area contributed by atoms with Gasteiger partial charge in [-0.25, -0.2) is 9.97 Å². The molecule has 1 saturated heterocycles. The summed E-state index contributed by atoms with van der Waals surface area (Å²) >= 11 is 0. The van der Waals surface area contributed by atoms with Crippen molar-refractivity contribution in [3.63, 3.8) is 0 Å². The number of likely N-dealkylation sites (tertiary alicyclic amines) is 1. The van der Waals surface area contributed by atoms with E-state index in [4.69, 9.17) is 0 Å². The Kier molecular flexibility index (Phi) is 6.15. The van der Waals surface area contributed by atoms with Gasteiger partial charge < -0.3 is 4.90 Å². The van der Waals surface area contributed by atoms with Gasteiger partial charge in [0.25, 0.3) is 0 Å². The summed E-state index contributed by atoms with van der Waals surface area (Å²) in [5.41, 5.74) is 2.07. The predicted molar refractivity (Wildman–Crippen MR) is 100 cm³/mol. The zero-order chi connectivity index (χ0) is 17.5. The van der Waals surface area contributed by atoms with Crippen molar-refractivity contribution in [2.24, 2.45) is 0 Å². The number of unbranched alkanes of at least 4 members (excludes halogenated alkanes) is 1. The SMILES string of the molecule is CCCC[C@H](C(=O)N1CCCCC1)c1cccc(-c2ncccn2)c1. The standard InChI is InChI=1S/C21H27N3O/c1-2-3-11-19(21(25)24-14-5-4-6-15-24)17-9-7-10-18(16-17)20-22-12-8-13-23-20/h7-10,12-13,16,19H,2-6,11,14-15H2,1H3/t19-/m0/s1. The molecule has 4 heteroatoms. The van der Waals surface area contributed by atoms with Crippen molar-refractivity contribution < 1.29 is 4.79 Å². The molecule has 25 heavy (non-hydrogen) atoms. The van der Waals surface area contributed by atoms with E-state index in [1.165, 1.54) is 6.42 Å². The molecule has 0 bridgehead atoms. The number of nitrogens with zero attached hydrogens (tertiary/aromatic N) is 3. The van der Waals surface area contributed by atoms with Gasteiger partial charge in [0, 0.05) is 31.0 Å². The van der Waals surface area contributed by atoms with E-state index in [9.17, 15) is 4.79 Å². The molecule has 4 nitrogen and oxygen atoms in total. The maximum atomic E-state index is 13.1. The molecular weight excluding hydrogens is 310 g/mol. The van der Waals surface area contributed by atoms with Crippen LogP contribution in [0.15, 0.2) is 42.7 Å². The maximum Gasteiger partial charge on any atom is 0.230 e. The fraction of sp³-hybridized carbons (Fsp3) is 0.476. The van der Waals surface area contributed by atoms with Crippen molar-refractivity contribution >= 4 is 5.91 Å². The van der Waals surface area contributed by atoms with Crippen LogP contribution in [0.1, 0.15) is 56.9 Å². The van der Waals surface area contributed by atoms with Crippen LogP contribution in [0.3, 0.4) is 0 Å². The third kappa shape index (κ3) is 4.44. The number of amides is 1. The Morgan fingerprint density at radius 2 is 1.88 bits per heavy atom. The van der Waals surface area contributed by atoms with Crippen LogP contribution >= 0.6 is 0 Å². The summed E-state index contributed by atoms with van der Waals surface area (Å²) in [4.78, 5) is 23.9. The Hall–Kier alpha value is -2.23. The van der Waals surface area contributed by atoms with Gasteiger partial charge in [0.05, 0.1) is 5.92 Å². The minimum Gasteiger partial charge on any atom is -0.342 e. The Bertz CT molecular complexity index is 681. The quantitative estimate of drug-likeness (QED) is 0.783. The fourth-order valence-electron chi connectivity index (χ4n) is 3.52. The highest BCUT2D eigenvalue weighted by molar-refractivity contribution is 5.84. The van der Waals surface area contributed by atoms with Gasteiger partial charge in [-0.15, -0.1) is 0 Å². The zero-order valence-corrected chi connectivity index (χ0v) is 15.0. The van der Waals surface area contributed by atoms with Gasteiger partial charge >= 0.3 is 0 Å². The van der Waals surface area contributed by atoms with Crippen LogP contribution in [0.5, 0.6) is 0 Å². The van der Waals surface area contributed by atoms with Crippen molar-refractivity contribution in [1.29, 1.82) is 0 Å². The first-order chi connectivity index (χ1) is 12.3. The second kappa shape index (κ2) is 8.75. The van der Waals surface area contributed by atoms with Gasteiger partial charge in [-0.05, 0) is 43.4 Å². The van der Waals surface area contributed by atoms with Gasteiger partial charge in [-0.1, -0.05) is 38.0 Å². The van der Waals surface area contributed by atoms with Crippen LogP contribution in [-0.2, 0) is 4.79 Å². The molecule has 0 saturated carbocycles. The second-order valence-electron chi connectivity index (χ2n) is 6.78. The van der Waals surface area contributed by atoms with Gasteiger partial charge in [-0.2, -0.15) is 0 Å². The Labute approximate surface area is 150 Å². The van der Waals surface area contributed by atoms with E-state index in [1.54, 1.807) is 12.4 Å². The van der Waals surface area contributed by atoms with Gasteiger partial charge in [0.2, 0.25) is 5.91 Å². The van der Waals surface area contributed by atoms with E-state index < -0.39 is 0 Å². The van der Waals surface area contributed by atoms with Crippen LogP contribution in [0.2, 0.25) is 0 Å². The lowest BCUT2D eigenvalue weighted by atomic mass is 9.90. The topological polar surface area (TPSA) is 46.1 Å². The van der Waals surface area contributed by atoms with E-state index in [-0.39, 0.29) is 5.92 Å². The van der Waals surface area contributed by atoms with E-state index in [0.29, 0.717) is 11.7 Å². The van der Waals surface area contributed by atoms with Crippen molar-refractivity contribution in [3.05, 3.63) is 48.3 Å². The number of rotatable bonds is 6. The highest BCUT2D eigenvalue weighted by Crippen LogP contribution is 2.28. The molecule has 1 fully saturated rings. The van der Waals surface area contributed by atoms with E-state index >= 15 is 0 Å². The van der Waals surface area contributed by atoms with E-state index in [2.05, 4.69) is 33.9 Å². The number of carbonyl (C=O) groups is 1. The van der Waals surface area contributed by atoms with Crippen LogP contribution in [0.4, 0.5) is 0 Å². The first-order valence-electron chi connectivity index (χ1n) is 9.45. The normalized spacial score (nSPS) is 15.8. The molecule has 0 spiro atoms. The first-order valence-corrected chi connectivity index (χ1v) is 9.45. The van der Waals surface area contributed by atoms with Crippen molar-refractivity contribution in [1.82, 2.24) is 14.9 Å². The highest BCUT2D eigenvalue weighted by atomic mass is 16.2. The lowest BCUT2D eigenvalue weighted by Crippen LogP contribution is -2.38. The average molecular weight is 337 g/mol. The molecule has 1 amide bonds. The maximum absolute atomic E-state index is 13.1. The molecule has 132 valence electrons. The molecule has 0 N–H and O–H groups in total. The van der Waals surface area contributed by atoms with Crippen LogP contribution in [-0.4, -0.2) is 33.9 Å². The Morgan fingerprint density at radius 1 is 1.12 bits per heavy atom. The molecule has 1 aromatic heterocycles. The summed E-state index contributed by atoms with van der Waals surface area (Å²) < 4.78 is 0. The number of piperidine rings is 1. The van der Waals surface area contributed by atoms with Crippen molar-refractivity contribution in [3.8, 4) is 11.4 Å². The molecule has 2 aromatic rings. The minimum atomic E-state index is -0.0540. The van der Waals surface area contributed by atoms with Crippen LogP contribution < -0.4 is 0 Å². The third-order valence-corrected chi connectivity index (χ3v) is 4.93. The summed E-state index contributed by atoms with van der Waals surface area (Å²) in [6.07, 6.45) is 10.1. The molecule has 1 atom stereocenters. The lowest BCUT2D eigenvalue weighted by Gasteiger charge is -2.31. The Balaban J connectivity index is 1.86. The summed E-state index contributed by atoms with van der Waals surface area (Å²) in [6, 6.07) is 10.0. The molecule has 0 unspecified atom stereocenters. The molecule has 1 aromatic carbocycles. The molecule has 0 radical (unpaired) electrons. The molecule has 3 rings (SSSR count). The van der Waals surface area contributed by atoms with Gasteiger partial charge in [-0.3, -0.25) is 4.79 Å². The monoisotopic (exact) mass is 337 g/mol. The number of hydrogen-bond donors (Lipinski definition) is 0. The van der Waals surface area contributed by atoms with Gasteiger partial charge in [0.15, 0.2) is 5.82 Å². The number of carbonyl (C=O) groups excluding carboxylic acids is 1. The number of benzene rings is 1. The zero-order valence-electron chi connectivity index (χ0n) is 15.0. The first kappa shape index (κ1) is 17.6. The summed E-state index contributed by atoms with van der Waals surface area (Å²) in [5.74, 6) is 0.949. The summed E-state index contributed by atoms with van der Waals surface area (Å²) in [6.45, 7) is 3.99. The third-order valence-electron chi connectivity index (χ3n) is 4.93. The predicted octanol–water partition coefficient (Wildman–Crippen LogP) is 4.43. The molecule has 0 aliphatic carbocycles. The Morgan fingerprint density at radius 3 is 2.60 bits per heavy atom. The molecule has 1 aliphatic rings. The fourth-order valence-corrected chi connectivity index (χ4v) is 3.52. The van der Waals surface area contributed by atoms with Crippen LogP contribution in [0, 0.1) is 0 Å². The lowest BCUT2D eigenvalue weighted by molar-refractivity contribution is -0.133. The second-order valence-corrected chi connectivity index (χ2v) is 6.78. The average Bonchev–Trinajstić information content (AvgIpc) is 2.70. The molecular formula is C21H27N3O. The van der Waals surface area contributed by atoms with Gasteiger partial charge in [0.1, 0.15) is 0 Å². The highest BCUT2D eigenvalue weighted by Gasteiger charge is 2.26. The summed E-state index contributed by atoms with van der Waals surface area (Å²) in [5, 5.41) is 0. The largest absolute Gasteiger partial charge is 0.342 e. The number of hydrogen-bond acceptors (Lipinski definition) is 3. The smallest absolute Gasteiger partial charge is 0.230 e. The van der Waals surface area contributed by atoms with Crippen LogP contribution in [0.25, 0.3) is 11.4 Å². The van der Waals surface area contributed by atoms with E-state index in [1.807, 2.05) is 18.2 Å².